The predicted molar refractivity (Wildman–Crippen MR) is 120 cm³/mol. The molecule has 162 valence electrons. The molecular formula is C26H36N2O2. The molecule has 30 heavy (non-hydrogen) atoms. The second-order valence-electron chi connectivity index (χ2n) is 9.30. The number of fused-ring (bicyclic) bond motifs is 1. The van der Waals surface area contributed by atoms with Gasteiger partial charge >= 0.3 is 0 Å². The normalized spacial score (nSPS) is 18.9. The highest BCUT2D eigenvalue weighted by Crippen LogP contribution is 2.26. The SMILES string of the molecule is Cc1ccc(C(C)CCN2CCC(CCC(=O)N3CCc4ccccc4C3)CC2)o1. The first-order chi connectivity index (χ1) is 14.6. The van der Waals surface area contributed by atoms with Gasteiger partial charge in [-0.1, -0.05) is 31.2 Å². The first kappa shape index (κ1) is 21.2. The molecule has 3 heterocycles. The van der Waals surface area contributed by atoms with Crippen molar-refractivity contribution in [2.75, 3.05) is 26.2 Å². The van der Waals surface area contributed by atoms with Gasteiger partial charge < -0.3 is 14.2 Å². The van der Waals surface area contributed by atoms with Crippen LogP contribution in [0.3, 0.4) is 0 Å². The smallest absolute Gasteiger partial charge is 0.222 e. The summed E-state index contributed by atoms with van der Waals surface area (Å²) in [6.45, 7) is 9.41. The molecule has 0 saturated carbocycles. The zero-order valence-corrected chi connectivity index (χ0v) is 18.6. The van der Waals surface area contributed by atoms with Crippen molar-refractivity contribution in [2.45, 2.75) is 64.8 Å². The number of carbonyl (C=O) groups is 1. The van der Waals surface area contributed by atoms with Crippen molar-refractivity contribution in [3.63, 3.8) is 0 Å². The van der Waals surface area contributed by atoms with Crippen molar-refractivity contribution in [2.24, 2.45) is 5.92 Å². The van der Waals surface area contributed by atoms with E-state index < -0.39 is 0 Å². The number of aryl methyl sites for hydroxylation is 1. The topological polar surface area (TPSA) is 36.7 Å². The molecule has 1 fully saturated rings. The molecular weight excluding hydrogens is 372 g/mol. The van der Waals surface area contributed by atoms with Gasteiger partial charge in [-0.2, -0.15) is 0 Å². The van der Waals surface area contributed by atoms with E-state index in [-0.39, 0.29) is 0 Å². The molecule has 2 aliphatic rings. The summed E-state index contributed by atoms with van der Waals surface area (Å²) in [7, 11) is 0. The van der Waals surface area contributed by atoms with E-state index in [4.69, 9.17) is 4.42 Å². The maximum atomic E-state index is 12.7. The van der Waals surface area contributed by atoms with Crippen LogP contribution in [0.1, 0.15) is 67.6 Å². The first-order valence-electron chi connectivity index (χ1n) is 11.7. The monoisotopic (exact) mass is 408 g/mol. The lowest BCUT2D eigenvalue weighted by Crippen LogP contribution is -2.37. The number of hydrogen-bond donors (Lipinski definition) is 0. The summed E-state index contributed by atoms with van der Waals surface area (Å²) in [6.07, 6.45) is 6.35. The number of piperidine rings is 1. The molecule has 4 heteroatoms. The van der Waals surface area contributed by atoms with Crippen molar-refractivity contribution in [1.29, 1.82) is 0 Å². The molecule has 4 nitrogen and oxygen atoms in total. The maximum absolute atomic E-state index is 12.7. The van der Waals surface area contributed by atoms with E-state index in [1.165, 1.54) is 37.1 Å². The Hall–Kier alpha value is -2.07. The van der Waals surface area contributed by atoms with E-state index in [1.54, 1.807) is 0 Å². The van der Waals surface area contributed by atoms with Gasteiger partial charge in [0, 0.05) is 25.4 Å². The number of likely N-dealkylation sites (tertiary alicyclic amines) is 1. The van der Waals surface area contributed by atoms with Crippen LogP contribution in [0.25, 0.3) is 0 Å². The molecule has 0 N–H and O–H groups in total. The number of furan rings is 1. The lowest BCUT2D eigenvalue weighted by molar-refractivity contribution is -0.132. The summed E-state index contributed by atoms with van der Waals surface area (Å²) < 4.78 is 5.77. The van der Waals surface area contributed by atoms with Crippen molar-refractivity contribution in [3.8, 4) is 0 Å². The van der Waals surface area contributed by atoms with E-state index in [0.717, 1.165) is 50.4 Å². The van der Waals surface area contributed by atoms with Crippen molar-refractivity contribution in [1.82, 2.24) is 9.80 Å². The molecule has 1 unspecified atom stereocenters. The molecule has 0 bridgehead atoms. The zero-order valence-electron chi connectivity index (χ0n) is 18.6. The molecule has 1 amide bonds. The fourth-order valence-electron chi connectivity index (χ4n) is 4.93. The van der Waals surface area contributed by atoms with Crippen LogP contribution < -0.4 is 0 Å². The Labute approximate surface area is 181 Å². The van der Waals surface area contributed by atoms with Crippen molar-refractivity contribution >= 4 is 5.91 Å². The van der Waals surface area contributed by atoms with Crippen molar-refractivity contribution < 1.29 is 9.21 Å². The van der Waals surface area contributed by atoms with Gasteiger partial charge in [-0.05, 0) is 87.8 Å². The molecule has 1 aromatic carbocycles. The summed E-state index contributed by atoms with van der Waals surface area (Å²) in [5, 5.41) is 0. The quantitative estimate of drug-likeness (QED) is 0.635. The highest BCUT2D eigenvalue weighted by Gasteiger charge is 2.24. The third kappa shape index (κ3) is 5.34. The van der Waals surface area contributed by atoms with Crippen LogP contribution in [0.4, 0.5) is 0 Å². The maximum Gasteiger partial charge on any atom is 0.222 e. The van der Waals surface area contributed by atoms with Gasteiger partial charge in [0.2, 0.25) is 5.91 Å². The number of hydrogen-bond acceptors (Lipinski definition) is 3. The van der Waals surface area contributed by atoms with Crippen LogP contribution >= 0.6 is 0 Å². The minimum Gasteiger partial charge on any atom is -0.466 e. The fraction of sp³-hybridized carbons (Fsp3) is 0.577. The Kier molecular flexibility index (Phi) is 6.93. The molecule has 4 rings (SSSR count). The molecule has 2 aliphatic heterocycles. The second-order valence-corrected chi connectivity index (χ2v) is 9.30. The summed E-state index contributed by atoms with van der Waals surface area (Å²) in [5.41, 5.74) is 2.73. The molecule has 1 aromatic heterocycles. The lowest BCUT2D eigenvalue weighted by Gasteiger charge is -2.33. The largest absolute Gasteiger partial charge is 0.466 e. The Bertz CT molecular complexity index is 835. The standard InChI is InChI=1S/C26H36N2O2/c1-20(25-9-7-21(2)30-25)11-15-27-16-12-22(13-17-27)8-10-26(29)28-18-14-23-5-3-4-6-24(23)19-28/h3-7,9,20,22H,8,10-19H2,1-2H3. The van der Waals surface area contributed by atoms with Crippen LogP contribution in [0.5, 0.6) is 0 Å². The highest BCUT2D eigenvalue weighted by atomic mass is 16.3. The average Bonchev–Trinajstić information content (AvgIpc) is 3.22. The molecule has 0 radical (unpaired) electrons. The van der Waals surface area contributed by atoms with E-state index in [2.05, 4.69) is 53.1 Å². The Morgan fingerprint density at radius 2 is 1.87 bits per heavy atom. The summed E-state index contributed by atoms with van der Waals surface area (Å²) in [5.74, 6) is 3.63. The molecule has 0 spiro atoms. The van der Waals surface area contributed by atoms with Crippen LogP contribution in [-0.2, 0) is 17.8 Å². The van der Waals surface area contributed by atoms with E-state index in [1.807, 2.05) is 6.92 Å². The summed E-state index contributed by atoms with van der Waals surface area (Å²) in [6, 6.07) is 12.7. The number of rotatable bonds is 7. The highest BCUT2D eigenvalue weighted by molar-refractivity contribution is 5.76. The number of nitrogens with zero attached hydrogens (tertiary/aromatic N) is 2. The molecule has 1 atom stereocenters. The van der Waals surface area contributed by atoms with Crippen LogP contribution in [0.15, 0.2) is 40.8 Å². The third-order valence-corrected chi connectivity index (χ3v) is 7.08. The number of benzene rings is 1. The van der Waals surface area contributed by atoms with Crippen molar-refractivity contribution in [3.05, 3.63) is 59.0 Å². The van der Waals surface area contributed by atoms with E-state index >= 15 is 0 Å². The minimum atomic E-state index is 0.342. The molecule has 0 aliphatic carbocycles. The second kappa shape index (κ2) is 9.82. The van der Waals surface area contributed by atoms with E-state index in [9.17, 15) is 4.79 Å². The van der Waals surface area contributed by atoms with Crippen LogP contribution in [-0.4, -0.2) is 41.9 Å². The third-order valence-electron chi connectivity index (χ3n) is 7.08. The fourth-order valence-corrected chi connectivity index (χ4v) is 4.93. The first-order valence-corrected chi connectivity index (χ1v) is 11.7. The van der Waals surface area contributed by atoms with Gasteiger partial charge in [-0.3, -0.25) is 4.79 Å². The van der Waals surface area contributed by atoms with Gasteiger partial charge in [0.1, 0.15) is 11.5 Å². The molecule has 2 aromatic rings. The number of amides is 1. The van der Waals surface area contributed by atoms with E-state index in [0.29, 0.717) is 24.2 Å². The summed E-state index contributed by atoms with van der Waals surface area (Å²) >= 11 is 0. The number of carbonyl (C=O) groups excluding carboxylic acids is 1. The zero-order chi connectivity index (χ0) is 20.9. The Morgan fingerprint density at radius 1 is 1.10 bits per heavy atom. The van der Waals surface area contributed by atoms with Gasteiger partial charge in [0.25, 0.3) is 0 Å². The predicted octanol–water partition coefficient (Wildman–Crippen LogP) is 5.16. The Morgan fingerprint density at radius 3 is 2.60 bits per heavy atom. The van der Waals surface area contributed by atoms with Gasteiger partial charge in [-0.15, -0.1) is 0 Å². The lowest BCUT2D eigenvalue weighted by atomic mass is 9.91. The Balaban J connectivity index is 1.14. The van der Waals surface area contributed by atoms with Gasteiger partial charge in [0.05, 0.1) is 0 Å². The van der Waals surface area contributed by atoms with Gasteiger partial charge in [0.15, 0.2) is 0 Å². The molecule has 1 saturated heterocycles. The average molecular weight is 409 g/mol. The minimum absolute atomic E-state index is 0.342. The summed E-state index contributed by atoms with van der Waals surface area (Å²) in [4.78, 5) is 17.4. The van der Waals surface area contributed by atoms with Gasteiger partial charge in [-0.25, -0.2) is 0 Å². The van der Waals surface area contributed by atoms with Crippen LogP contribution in [0, 0.1) is 12.8 Å². The van der Waals surface area contributed by atoms with Crippen LogP contribution in [0.2, 0.25) is 0 Å².